The fraction of sp³-hybridized carbons (Fsp3) is 0.355. The number of hydrogen-bond donors (Lipinski definition) is 4. The Bertz CT molecular complexity index is 4040. The summed E-state index contributed by atoms with van der Waals surface area (Å²) in [4.78, 5) is 48.0. The van der Waals surface area contributed by atoms with E-state index in [1.165, 1.54) is 24.3 Å². The average Bonchev–Trinajstić information content (AvgIpc) is 1.27. The lowest BCUT2D eigenvalue weighted by Gasteiger charge is -2.12. The summed E-state index contributed by atoms with van der Waals surface area (Å²) in [6.45, 7) is 12.6. The van der Waals surface area contributed by atoms with Crippen LogP contribution in [-0.4, -0.2) is 115 Å². The molecule has 0 spiro atoms. The molecule has 0 radical (unpaired) electrons. The highest BCUT2D eigenvalue weighted by atomic mass is 35.5. The highest BCUT2D eigenvalue weighted by Crippen LogP contribution is 2.45. The molecule has 22 nitrogen and oxygen atoms in total. The Kier molecular flexibility index (Phi) is 27.9. The summed E-state index contributed by atoms with van der Waals surface area (Å²) in [5.74, 6) is -4.59. The summed E-state index contributed by atoms with van der Waals surface area (Å²) in [5, 5.41) is 23.7. The second-order valence-corrected chi connectivity index (χ2v) is 24.4. The van der Waals surface area contributed by atoms with Gasteiger partial charge in [-0.25, -0.2) is 28.0 Å². The van der Waals surface area contributed by atoms with Gasteiger partial charge in [-0.05, 0) is 116 Å². The molecule has 2 aliphatic heterocycles. The van der Waals surface area contributed by atoms with Crippen molar-refractivity contribution in [2.45, 2.75) is 104 Å². The maximum Gasteiger partial charge on any atom is 0.416 e. The number of halogens is 20. The van der Waals surface area contributed by atoms with E-state index in [2.05, 4.69) is 41.7 Å². The monoisotopic (exact) mass is 1600 g/mol. The fourth-order valence-corrected chi connectivity index (χ4v) is 10.7. The zero-order valence-electron chi connectivity index (χ0n) is 54.4. The van der Waals surface area contributed by atoms with Crippen molar-refractivity contribution in [1.82, 2.24) is 60.4 Å². The van der Waals surface area contributed by atoms with Crippen molar-refractivity contribution in [2.75, 3.05) is 39.4 Å². The molecule has 2 saturated heterocycles. The van der Waals surface area contributed by atoms with Crippen LogP contribution in [-0.2, 0) is 34.2 Å². The Morgan fingerprint density at radius 2 is 0.635 bits per heavy atom. The lowest BCUT2D eigenvalue weighted by Crippen LogP contribution is -2.35. The summed E-state index contributed by atoms with van der Waals surface area (Å²) in [6.07, 6.45) is -15.1. The Morgan fingerprint density at radius 3 is 0.856 bits per heavy atom. The number of ether oxygens (including phenoxy) is 6. The van der Waals surface area contributed by atoms with Crippen molar-refractivity contribution in [3.8, 4) is 46.5 Å². The normalized spacial score (nSPS) is 14.4. The van der Waals surface area contributed by atoms with Gasteiger partial charge in [0.2, 0.25) is 23.5 Å². The van der Waals surface area contributed by atoms with Gasteiger partial charge in [-0.15, -0.1) is 20.4 Å². The second kappa shape index (κ2) is 35.0. The van der Waals surface area contributed by atoms with Crippen LogP contribution in [0.5, 0.6) is 46.5 Å². The number of alkyl halides is 12. The minimum atomic E-state index is -4.75. The summed E-state index contributed by atoms with van der Waals surface area (Å²) in [5.41, 5.74) is -2.77. The third kappa shape index (κ3) is 22.3. The Hall–Kier alpha value is -8.52. The molecule has 0 saturated carbocycles. The zero-order chi connectivity index (χ0) is 77.1. The van der Waals surface area contributed by atoms with Crippen LogP contribution in [0.15, 0.2) is 72.8 Å². The number of carbonyl (C=O) groups is 4. The minimum Gasteiger partial charge on any atom is -0.434 e. The third-order valence-electron chi connectivity index (χ3n) is 14.0. The number of benzene rings is 4. The summed E-state index contributed by atoms with van der Waals surface area (Å²) in [7, 11) is 0. The van der Waals surface area contributed by atoms with Crippen LogP contribution in [0, 0.1) is 39.3 Å². The van der Waals surface area contributed by atoms with E-state index in [-0.39, 0.29) is 79.5 Å². The third-order valence-corrected chi connectivity index (χ3v) is 15.7. The van der Waals surface area contributed by atoms with Crippen molar-refractivity contribution in [3.05, 3.63) is 160 Å². The Balaban J connectivity index is 0.000000194. The van der Waals surface area contributed by atoms with Gasteiger partial charge in [0, 0.05) is 63.7 Å². The van der Waals surface area contributed by atoms with E-state index < -0.39 is 104 Å². The van der Waals surface area contributed by atoms with E-state index in [4.69, 9.17) is 98.0 Å². The van der Waals surface area contributed by atoms with Gasteiger partial charge in [0.25, 0.3) is 0 Å². The standard InChI is InChI=1S/C17H16Cl2F3N3O3.C17H16ClF4N3O3.C14H12Cl2F3N3O2.C14H12ClF4N3O2/c2*1-9-5-14(24-25(9)16(26)23-8-11-3-2-4-27-11)28-15-12(18)6-10(7-13(15)19)17(20,21)22;2*1-3-20-13(23)22-7(2)4-11(21-22)24-12-9(15)5-8(6-10(12)16)14(17,18)19/h2*5-7,11H,2-4,8H2,1H3,(H,23,26);2*4-6H,3H2,1-2H3,(H,20,23). The number of aryl methyl sites for hydroxylation is 4. The highest BCUT2D eigenvalue weighted by molar-refractivity contribution is 6.38. The second-order valence-electron chi connectivity index (χ2n) is 21.9. The molecule has 564 valence electrons. The number of aromatic nitrogens is 8. The van der Waals surface area contributed by atoms with Crippen LogP contribution in [0.4, 0.5) is 80.6 Å². The molecule has 2 unspecified atom stereocenters. The van der Waals surface area contributed by atoms with Gasteiger partial charge in [-0.3, -0.25) is 0 Å². The first-order valence-corrected chi connectivity index (χ1v) is 32.4. The molecule has 8 aromatic rings. The molecule has 2 fully saturated rings. The van der Waals surface area contributed by atoms with Gasteiger partial charge < -0.3 is 49.7 Å². The topological polar surface area (TPSA) is 243 Å². The highest BCUT2D eigenvalue weighted by Gasteiger charge is 2.37. The molecule has 2 atom stereocenters. The van der Waals surface area contributed by atoms with Crippen LogP contribution in [0.2, 0.25) is 30.1 Å². The summed E-state index contributed by atoms with van der Waals surface area (Å²) in [6, 6.07) is 8.00. The smallest absolute Gasteiger partial charge is 0.416 e. The van der Waals surface area contributed by atoms with Crippen LogP contribution in [0.3, 0.4) is 0 Å². The molecule has 42 heteroatoms. The molecule has 104 heavy (non-hydrogen) atoms. The van der Waals surface area contributed by atoms with E-state index in [0.29, 0.717) is 98.6 Å². The lowest BCUT2D eigenvalue weighted by atomic mass is 10.2. The molecular formula is C62H56Cl6F14N12O10. The first-order valence-electron chi connectivity index (χ1n) is 30.2. The molecule has 4 N–H and O–H groups in total. The fourth-order valence-electron chi connectivity index (χ4n) is 9.12. The lowest BCUT2D eigenvalue weighted by molar-refractivity contribution is -0.138. The Morgan fingerprint density at radius 1 is 0.404 bits per heavy atom. The minimum absolute atomic E-state index is 0.0256. The maximum absolute atomic E-state index is 14.0. The van der Waals surface area contributed by atoms with Crippen LogP contribution in [0.25, 0.3) is 0 Å². The predicted molar refractivity (Wildman–Crippen MR) is 348 cm³/mol. The summed E-state index contributed by atoms with van der Waals surface area (Å²) < 4.78 is 216. The van der Waals surface area contributed by atoms with E-state index in [9.17, 15) is 80.6 Å². The first-order chi connectivity index (χ1) is 48.6. The molecular weight excluding hydrogens is 1550 g/mol. The number of nitrogens with zero attached hydrogens (tertiary/aromatic N) is 8. The number of rotatable bonds is 14. The van der Waals surface area contributed by atoms with E-state index >= 15 is 0 Å². The number of hydrogen-bond acceptors (Lipinski definition) is 14. The van der Waals surface area contributed by atoms with Gasteiger partial charge in [0.1, 0.15) is 0 Å². The molecule has 6 heterocycles. The number of carbonyl (C=O) groups excluding carboxylic acids is 4. The van der Waals surface area contributed by atoms with E-state index in [1.54, 1.807) is 41.5 Å². The molecule has 4 aromatic carbocycles. The van der Waals surface area contributed by atoms with Crippen molar-refractivity contribution >= 4 is 93.7 Å². The summed E-state index contributed by atoms with van der Waals surface area (Å²) >= 11 is 34.8. The molecule has 4 amide bonds. The van der Waals surface area contributed by atoms with Gasteiger partial charge in [-0.1, -0.05) is 69.6 Å². The number of amides is 4. The zero-order valence-corrected chi connectivity index (χ0v) is 58.9. The van der Waals surface area contributed by atoms with Gasteiger partial charge in [-0.2, -0.15) is 71.4 Å². The molecule has 4 aromatic heterocycles. The van der Waals surface area contributed by atoms with Crippen molar-refractivity contribution in [2.24, 2.45) is 0 Å². The van der Waals surface area contributed by atoms with Gasteiger partial charge in [0.05, 0.1) is 87.4 Å². The quantitative estimate of drug-likeness (QED) is 0.0740. The average molecular weight is 1610 g/mol. The first kappa shape index (κ1) is 82.8. The van der Waals surface area contributed by atoms with Crippen molar-refractivity contribution < 1.29 is 109 Å². The largest absolute Gasteiger partial charge is 0.434 e. The molecule has 0 aliphatic carbocycles. The van der Waals surface area contributed by atoms with E-state index in [0.717, 1.165) is 44.4 Å². The van der Waals surface area contributed by atoms with Crippen LogP contribution < -0.4 is 40.2 Å². The van der Waals surface area contributed by atoms with Crippen LogP contribution in [0.1, 0.15) is 84.6 Å². The number of nitrogens with one attached hydrogen (secondary N) is 4. The predicted octanol–water partition coefficient (Wildman–Crippen LogP) is 18.8. The SMILES string of the molecule is CCNC(=O)n1nc(Oc2c(Cl)cc(C(F)(F)F)cc2Cl)cc1C.CCNC(=O)n1nc(Oc2c(F)cc(C(F)(F)F)cc2Cl)cc1C.Cc1cc(Oc2c(Cl)cc(C(F)(F)F)cc2Cl)nn1C(=O)NCC1CCCO1.Cc1cc(Oc2c(F)cc(C(F)(F)F)cc2Cl)nn1C(=O)NCC1CCCO1. The molecule has 10 rings (SSSR count). The molecule has 2 aliphatic rings. The van der Waals surface area contributed by atoms with Crippen molar-refractivity contribution in [3.63, 3.8) is 0 Å². The van der Waals surface area contributed by atoms with Gasteiger partial charge in [0.15, 0.2) is 34.6 Å². The Labute approximate surface area is 609 Å². The van der Waals surface area contributed by atoms with E-state index in [1.807, 2.05) is 0 Å². The van der Waals surface area contributed by atoms with Gasteiger partial charge >= 0.3 is 48.8 Å². The van der Waals surface area contributed by atoms with Crippen molar-refractivity contribution in [1.29, 1.82) is 0 Å². The maximum atomic E-state index is 14.0. The molecule has 0 bridgehead atoms. The van der Waals surface area contributed by atoms with Crippen LogP contribution >= 0.6 is 69.6 Å².